The van der Waals surface area contributed by atoms with Crippen molar-refractivity contribution >= 4 is 43.1 Å². The van der Waals surface area contributed by atoms with E-state index in [0.717, 1.165) is 0 Å². The molecule has 6 nitrogen and oxygen atoms in total. The Hall–Kier alpha value is -0.483. The SMILES string of the molecule is CC[S+]([O-])C1=C(C(=O)O[C@@H](C)O[Si](C)(C)C(C)(C)C)N2C(=O)C[C@@H]2S1. The average molecular weight is 406 g/mol. The number of amides is 1. The molecule has 0 aliphatic carbocycles. The van der Waals surface area contributed by atoms with Gasteiger partial charge in [0, 0.05) is 0 Å². The summed E-state index contributed by atoms with van der Waals surface area (Å²) >= 11 is 0.0279. The maximum Gasteiger partial charge on any atom is 0.363 e. The normalized spacial score (nSPS) is 23.3. The van der Waals surface area contributed by atoms with Crippen LogP contribution >= 0.6 is 11.8 Å². The number of ether oxygens (including phenoxy) is 1. The third kappa shape index (κ3) is 4.10. The highest BCUT2D eigenvalue weighted by Crippen LogP contribution is 2.48. The summed E-state index contributed by atoms with van der Waals surface area (Å²) in [5.74, 6) is -0.374. The minimum absolute atomic E-state index is 0.0104. The van der Waals surface area contributed by atoms with Crippen LogP contribution in [0.4, 0.5) is 0 Å². The lowest BCUT2D eigenvalue weighted by Crippen LogP contribution is -2.49. The van der Waals surface area contributed by atoms with Crippen LogP contribution in [0, 0.1) is 0 Å². The van der Waals surface area contributed by atoms with E-state index in [0.29, 0.717) is 16.4 Å². The Kier molecular flexibility index (Phi) is 6.05. The van der Waals surface area contributed by atoms with E-state index in [-0.39, 0.29) is 22.0 Å². The first-order chi connectivity index (χ1) is 11.4. The first-order valence-electron chi connectivity index (χ1n) is 8.39. The fourth-order valence-electron chi connectivity index (χ4n) is 2.32. The molecule has 1 saturated heterocycles. The Balaban J connectivity index is 2.14. The number of nitrogens with zero attached hydrogens (tertiary/aromatic N) is 1. The average Bonchev–Trinajstić information content (AvgIpc) is 2.77. The number of fused-ring (bicyclic) bond motifs is 1. The van der Waals surface area contributed by atoms with Gasteiger partial charge in [-0.2, -0.15) is 0 Å². The molecule has 0 bridgehead atoms. The van der Waals surface area contributed by atoms with Gasteiger partial charge in [0.25, 0.3) is 0 Å². The van der Waals surface area contributed by atoms with Gasteiger partial charge in [0.1, 0.15) is 11.1 Å². The molecule has 0 aromatic rings. The molecule has 1 amide bonds. The topological polar surface area (TPSA) is 78.9 Å². The molecule has 2 rings (SSSR count). The molecule has 1 unspecified atom stereocenters. The molecule has 0 radical (unpaired) electrons. The quantitative estimate of drug-likeness (QED) is 0.222. The number of β-lactam (4-membered cyclic amide) rings is 1. The van der Waals surface area contributed by atoms with E-state index in [1.807, 2.05) is 0 Å². The minimum atomic E-state index is -2.09. The summed E-state index contributed by atoms with van der Waals surface area (Å²) in [6.07, 6.45) is -0.361. The standard InChI is InChI=1S/C16H27NO5S2Si/c1-8-24(20)15-13(17-11(18)9-12(17)23-15)14(19)21-10(2)22-25(6,7)16(3,4)5/h10,12H,8-9H2,1-7H3/t10-,12+,24?/m1/s1. The molecule has 25 heavy (non-hydrogen) atoms. The number of hydrogen-bond donors (Lipinski definition) is 0. The van der Waals surface area contributed by atoms with Crippen LogP contribution in [0.1, 0.15) is 41.0 Å². The summed E-state index contributed by atoms with van der Waals surface area (Å²) < 4.78 is 24.2. The van der Waals surface area contributed by atoms with Crippen molar-refractivity contribution in [3.05, 3.63) is 9.93 Å². The second-order valence-corrected chi connectivity index (χ2v) is 15.5. The first-order valence-corrected chi connectivity index (χ1v) is 13.5. The van der Waals surface area contributed by atoms with E-state index >= 15 is 0 Å². The predicted octanol–water partition coefficient (Wildman–Crippen LogP) is 3.14. The molecule has 0 aromatic heterocycles. The monoisotopic (exact) mass is 405 g/mol. The van der Waals surface area contributed by atoms with Gasteiger partial charge in [-0.05, 0) is 54.9 Å². The van der Waals surface area contributed by atoms with Gasteiger partial charge >= 0.3 is 5.97 Å². The van der Waals surface area contributed by atoms with E-state index in [1.165, 1.54) is 16.7 Å². The summed E-state index contributed by atoms with van der Waals surface area (Å²) in [6, 6.07) is 0. The molecular formula is C16H27NO5S2Si. The molecule has 0 aromatic carbocycles. The molecule has 0 saturated carbocycles. The van der Waals surface area contributed by atoms with E-state index in [1.54, 1.807) is 13.8 Å². The number of carbonyl (C=O) groups excluding carboxylic acids is 2. The Bertz CT molecular complexity index is 602. The van der Waals surface area contributed by atoms with Crippen LogP contribution in [0.25, 0.3) is 0 Å². The van der Waals surface area contributed by atoms with Gasteiger partial charge in [0.2, 0.25) is 10.1 Å². The highest BCUT2D eigenvalue weighted by atomic mass is 32.3. The summed E-state index contributed by atoms with van der Waals surface area (Å²) in [6.45, 7) is 13.9. The third-order valence-electron chi connectivity index (χ3n) is 4.79. The molecule has 9 heteroatoms. The molecule has 1 fully saturated rings. The lowest BCUT2D eigenvalue weighted by molar-refractivity contribution is -0.163. The fourth-order valence-corrected chi connectivity index (χ4v) is 6.43. The van der Waals surface area contributed by atoms with Crippen LogP contribution in [-0.4, -0.2) is 47.1 Å². The number of rotatable bonds is 6. The van der Waals surface area contributed by atoms with Crippen LogP contribution in [0.15, 0.2) is 9.93 Å². The third-order valence-corrected chi connectivity index (χ3v) is 12.4. The van der Waals surface area contributed by atoms with Gasteiger partial charge in [-0.3, -0.25) is 9.69 Å². The Labute approximate surface area is 158 Å². The summed E-state index contributed by atoms with van der Waals surface area (Å²) in [5.41, 5.74) is 0.136. The molecular weight excluding hydrogens is 378 g/mol. The van der Waals surface area contributed by atoms with Gasteiger partial charge in [-0.1, -0.05) is 20.8 Å². The van der Waals surface area contributed by atoms with Crippen molar-refractivity contribution in [3.8, 4) is 0 Å². The van der Waals surface area contributed by atoms with Crippen molar-refractivity contribution in [2.24, 2.45) is 0 Å². The van der Waals surface area contributed by atoms with E-state index in [2.05, 4.69) is 33.9 Å². The van der Waals surface area contributed by atoms with Crippen LogP contribution in [-0.2, 0) is 29.9 Å². The van der Waals surface area contributed by atoms with Gasteiger partial charge in [-0.15, -0.1) is 0 Å². The second kappa shape index (κ2) is 7.26. The van der Waals surface area contributed by atoms with Crippen molar-refractivity contribution in [3.63, 3.8) is 0 Å². The number of carbonyl (C=O) groups is 2. The van der Waals surface area contributed by atoms with E-state index in [4.69, 9.17) is 9.16 Å². The zero-order valence-corrected chi connectivity index (χ0v) is 18.5. The zero-order valence-electron chi connectivity index (χ0n) is 15.9. The molecule has 2 aliphatic heterocycles. The lowest BCUT2D eigenvalue weighted by Gasteiger charge is -2.38. The van der Waals surface area contributed by atoms with Crippen LogP contribution in [0.5, 0.6) is 0 Å². The van der Waals surface area contributed by atoms with Crippen molar-refractivity contribution in [1.82, 2.24) is 4.90 Å². The Morgan fingerprint density at radius 1 is 1.48 bits per heavy atom. The zero-order chi connectivity index (χ0) is 19.2. The van der Waals surface area contributed by atoms with Crippen molar-refractivity contribution in [1.29, 1.82) is 0 Å². The predicted molar refractivity (Wildman–Crippen MR) is 102 cm³/mol. The van der Waals surface area contributed by atoms with E-state index in [9.17, 15) is 14.1 Å². The molecule has 0 N–H and O–H groups in total. The molecule has 142 valence electrons. The molecule has 3 atom stereocenters. The van der Waals surface area contributed by atoms with Gasteiger partial charge in [0.05, 0.1) is 6.42 Å². The lowest BCUT2D eigenvalue weighted by atomic mass is 10.2. The Morgan fingerprint density at radius 2 is 2.08 bits per heavy atom. The Morgan fingerprint density at radius 3 is 2.56 bits per heavy atom. The minimum Gasteiger partial charge on any atom is -0.611 e. The van der Waals surface area contributed by atoms with Crippen LogP contribution in [0.2, 0.25) is 18.1 Å². The molecule has 2 heterocycles. The maximum absolute atomic E-state index is 12.7. The number of esters is 1. The smallest absolute Gasteiger partial charge is 0.363 e. The number of thioether (sulfide) groups is 1. The highest BCUT2D eigenvalue weighted by molar-refractivity contribution is 8.19. The molecule has 2 aliphatic rings. The molecule has 0 spiro atoms. The number of hydrogen-bond acceptors (Lipinski definition) is 6. The fraction of sp³-hybridized carbons (Fsp3) is 0.750. The summed E-state index contributed by atoms with van der Waals surface area (Å²) in [4.78, 5) is 26.0. The summed E-state index contributed by atoms with van der Waals surface area (Å²) in [7, 11) is -2.09. The summed E-state index contributed by atoms with van der Waals surface area (Å²) in [5, 5.41) is -0.138. The van der Waals surface area contributed by atoms with Crippen molar-refractivity contribution in [2.45, 2.75) is 70.8 Å². The van der Waals surface area contributed by atoms with Gasteiger partial charge < -0.3 is 13.7 Å². The largest absolute Gasteiger partial charge is 0.611 e. The van der Waals surface area contributed by atoms with Crippen molar-refractivity contribution < 1.29 is 23.3 Å². The van der Waals surface area contributed by atoms with Gasteiger partial charge in [0.15, 0.2) is 20.3 Å². The van der Waals surface area contributed by atoms with E-state index < -0.39 is 31.8 Å². The van der Waals surface area contributed by atoms with Gasteiger partial charge in [-0.25, -0.2) is 4.79 Å². The van der Waals surface area contributed by atoms with Crippen LogP contribution < -0.4 is 0 Å². The second-order valence-electron chi connectivity index (χ2n) is 7.66. The first kappa shape index (κ1) is 20.8. The van der Waals surface area contributed by atoms with Crippen LogP contribution in [0.3, 0.4) is 0 Å². The van der Waals surface area contributed by atoms with Crippen molar-refractivity contribution in [2.75, 3.05) is 5.75 Å². The maximum atomic E-state index is 12.7. The highest BCUT2D eigenvalue weighted by Gasteiger charge is 2.53.